The third-order valence-electron chi connectivity index (χ3n) is 6.82. The quantitative estimate of drug-likeness (QED) is 0.756. The monoisotopic (exact) mass is 413 g/mol. The van der Waals surface area contributed by atoms with Gasteiger partial charge in [0.2, 0.25) is 17.7 Å². The van der Waals surface area contributed by atoms with E-state index < -0.39 is 5.54 Å². The number of likely N-dealkylation sites (tertiary alicyclic amines) is 1. The van der Waals surface area contributed by atoms with Gasteiger partial charge in [-0.3, -0.25) is 14.4 Å². The maximum atomic E-state index is 13.3. The van der Waals surface area contributed by atoms with Crippen LogP contribution in [-0.2, 0) is 25.7 Å². The number of ether oxygens (including phenoxy) is 1. The number of amides is 3. The van der Waals surface area contributed by atoms with Crippen molar-refractivity contribution in [2.45, 2.75) is 44.7 Å². The van der Waals surface area contributed by atoms with Crippen LogP contribution >= 0.6 is 0 Å². The van der Waals surface area contributed by atoms with Crippen LogP contribution in [0.4, 0.5) is 0 Å². The Bertz CT molecular complexity index is 783. The number of piperidine rings is 1. The molecule has 1 spiro atoms. The molecule has 0 radical (unpaired) electrons. The van der Waals surface area contributed by atoms with Crippen molar-refractivity contribution in [2.24, 2.45) is 5.92 Å². The van der Waals surface area contributed by atoms with E-state index in [0.29, 0.717) is 65.2 Å². The van der Waals surface area contributed by atoms with Gasteiger partial charge in [-0.05, 0) is 24.8 Å². The Kier molecular flexibility index (Phi) is 6.09. The van der Waals surface area contributed by atoms with Gasteiger partial charge >= 0.3 is 0 Å². The molecular weight excluding hydrogens is 382 g/mol. The number of benzene rings is 1. The summed E-state index contributed by atoms with van der Waals surface area (Å²) in [4.78, 5) is 43.7. The van der Waals surface area contributed by atoms with Crippen LogP contribution in [-0.4, -0.2) is 77.4 Å². The maximum absolute atomic E-state index is 13.3. The summed E-state index contributed by atoms with van der Waals surface area (Å²) in [5.41, 5.74) is 0.632. The Hall–Kier alpha value is -2.41. The van der Waals surface area contributed by atoms with E-state index in [4.69, 9.17) is 4.74 Å². The molecule has 162 valence electrons. The number of hydrogen-bond donors (Lipinski definition) is 0. The normalized spacial score (nSPS) is 25.6. The molecule has 3 saturated heterocycles. The Balaban J connectivity index is 1.50. The van der Waals surface area contributed by atoms with Gasteiger partial charge in [0.15, 0.2) is 0 Å². The highest BCUT2D eigenvalue weighted by molar-refractivity contribution is 5.83. The SMILES string of the molecule is CC(=O)N1CCC(C(=O)N2CCC(=O)N(Cc3ccccc3)C3(CCOC3)C2)CC1. The topological polar surface area (TPSA) is 70.2 Å². The molecule has 4 rings (SSSR count). The lowest BCUT2D eigenvalue weighted by molar-refractivity contribution is -0.142. The van der Waals surface area contributed by atoms with Crippen LogP contribution in [0.15, 0.2) is 30.3 Å². The van der Waals surface area contributed by atoms with Crippen LogP contribution in [0.2, 0.25) is 0 Å². The predicted molar refractivity (Wildman–Crippen MR) is 111 cm³/mol. The van der Waals surface area contributed by atoms with Crippen LogP contribution in [0, 0.1) is 5.92 Å². The molecule has 1 atom stereocenters. The number of carbonyl (C=O) groups is 3. The maximum Gasteiger partial charge on any atom is 0.225 e. The van der Waals surface area contributed by atoms with Crippen LogP contribution in [0.5, 0.6) is 0 Å². The van der Waals surface area contributed by atoms with Crippen molar-refractivity contribution in [2.75, 3.05) is 39.4 Å². The summed E-state index contributed by atoms with van der Waals surface area (Å²) in [6.45, 7) is 5.44. The van der Waals surface area contributed by atoms with E-state index in [1.807, 2.05) is 45.0 Å². The molecule has 0 bridgehead atoms. The van der Waals surface area contributed by atoms with E-state index >= 15 is 0 Å². The van der Waals surface area contributed by atoms with Gasteiger partial charge in [0.25, 0.3) is 0 Å². The van der Waals surface area contributed by atoms with Crippen molar-refractivity contribution < 1.29 is 19.1 Å². The summed E-state index contributed by atoms with van der Waals surface area (Å²) in [6, 6.07) is 10.0. The molecule has 7 heteroatoms. The second-order valence-electron chi connectivity index (χ2n) is 8.78. The smallest absolute Gasteiger partial charge is 0.225 e. The zero-order chi connectivity index (χ0) is 21.1. The lowest BCUT2D eigenvalue weighted by Crippen LogP contribution is -2.57. The van der Waals surface area contributed by atoms with Gasteiger partial charge in [-0.15, -0.1) is 0 Å². The van der Waals surface area contributed by atoms with Gasteiger partial charge in [-0.25, -0.2) is 0 Å². The van der Waals surface area contributed by atoms with Gasteiger partial charge in [-0.2, -0.15) is 0 Å². The lowest BCUT2D eigenvalue weighted by Gasteiger charge is -2.41. The first-order valence-corrected chi connectivity index (χ1v) is 10.9. The van der Waals surface area contributed by atoms with Crippen molar-refractivity contribution >= 4 is 17.7 Å². The minimum atomic E-state index is -0.459. The fourth-order valence-electron chi connectivity index (χ4n) is 4.99. The molecule has 3 aliphatic heterocycles. The molecule has 7 nitrogen and oxygen atoms in total. The number of nitrogens with zero attached hydrogens (tertiary/aromatic N) is 3. The molecular formula is C23H31N3O4. The standard InChI is InChI=1S/C23H31N3O4/c1-18(27)24-11-7-20(8-12-24)22(29)25-13-9-21(28)26(15-19-5-3-2-4-6-19)23(16-25)10-14-30-17-23/h2-6,20H,7-17H2,1H3. The highest BCUT2D eigenvalue weighted by atomic mass is 16.5. The summed E-state index contributed by atoms with van der Waals surface area (Å²) in [7, 11) is 0. The first-order valence-electron chi connectivity index (χ1n) is 10.9. The highest BCUT2D eigenvalue weighted by Gasteiger charge is 2.47. The largest absolute Gasteiger partial charge is 0.379 e. The van der Waals surface area contributed by atoms with Gasteiger partial charge in [0, 0.05) is 58.6 Å². The van der Waals surface area contributed by atoms with Gasteiger partial charge in [0.05, 0.1) is 12.1 Å². The molecule has 3 fully saturated rings. The van der Waals surface area contributed by atoms with Crippen molar-refractivity contribution in [3.63, 3.8) is 0 Å². The Morgan fingerprint density at radius 3 is 2.47 bits per heavy atom. The molecule has 0 aliphatic carbocycles. The number of hydrogen-bond acceptors (Lipinski definition) is 4. The number of rotatable bonds is 3. The fraction of sp³-hybridized carbons (Fsp3) is 0.609. The van der Waals surface area contributed by atoms with Crippen molar-refractivity contribution in [3.8, 4) is 0 Å². The second-order valence-corrected chi connectivity index (χ2v) is 8.78. The fourth-order valence-corrected chi connectivity index (χ4v) is 4.99. The first-order chi connectivity index (χ1) is 14.5. The van der Waals surface area contributed by atoms with E-state index in [9.17, 15) is 14.4 Å². The third kappa shape index (κ3) is 4.21. The molecule has 1 unspecified atom stereocenters. The summed E-state index contributed by atoms with van der Waals surface area (Å²) >= 11 is 0. The average molecular weight is 414 g/mol. The molecule has 3 heterocycles. The van der Waals surface area contributed by atoms with Crippen LogP contribution < -0.4 is 0 Å². The van der Waals surface area contributed by atoms with E-state index in [2.05, 4.69) is 0 Å². The molecule has 0 aromatic heterocycles. The van der Waals surface area contributed by atoms with E-state index in [1.165, 1.54) is 0 Å². The highest BCUT2D eigenvalue weighted by Crippen LogP contribution is 2.33. The minimum absolute atomic E-state index is 0.0693. The summed E-state index contributed by atoms with van der Waals surface area (Å²) in [5, 5.41) is 0. The average Bonchev–Trinajstić information content (AvgIpc) is 3.19. The van der Waals surface area contributed by atoms with Crippen LogP contribution in [0.3, 0.4) is 0 Å². The van der Waals surface area contributed by atoms with Gasteiger partial charge in [-0.1, -0.05) is 30.3 Å². The molecule has 3 aliphatic rings. The van der Waals surface area contributed by atoms with E-state index in [-0.39, 0.29) is 23.6 Å². The Morgan fingerprint density at radius 1 is 1.10 bits per heavy atom. The predicted octanol–water partition coefficient (Wildman–Crippen LogP) is 1.67. The van der Waals surface area contributed by atoms with Crippen LogP contribution in [0.25, 0.3) is 0 Å². The minimum Gasteiger partial charge on any atom is -0.379 e. The summed E-state index contributed by atoms with van der Waals surface area (Å²) in [5.74, 6) is 0.209. The zero-order valence-electron chi connectivity index (χ0n) is 17.7. The van der Waals surface area contributed by atoms with Crippen molar-refractivity contribution in [3.05, 3.63) is 35.9 Å². The zero-order valence-corrected chi connectivity index (χ0v) is 17.7. The number of carbonyl (C=O) groups excluding carboxylic acids is 3. The van der Waals surface area contributed by atoms with E-state index in [1.54, 1.807) is 6.92 Å². The molecule has 3 amide bonds. The first kappa shape index (κ1) is 20.8. The van der Waals surface area contributed by atoms with Crippen LogP contribution in [0.1, 0.15) is 38.2 Å². The molecule has 30 heavy (non-hydrogen) atoms. The molecule has 0 saturated carbocycles. The van der Waals surface area contributed by atoms with Gasteiger partial charge < -0.3 is 19.4 Å². The Labute approximate surface area is 177 Å². The third-order valence-corrected chi connectivity index (χ3v) is 6.82. The Morgan fingerprint density at radius 2 is 1.83 bits per heavy atom. The lowest BCUT2D eigenvalue weighted by atomic mass is 9.92. The second kappa shape index (κ2) is 8.76. The van der Waals surface area contributed by atoms with Gasteiger partial charge in [0.1, 0.15) is 0 Å². The molecule has 0 N–H and O–H groups in total. The van der Waals surface area contributed by atoms with E-state index in [0.717, 1.165) is 12.0 Å². The molecule has 1 aromatic carbocycles. The van der Waals surface area contributed by atoms with Crippen molar-refractivity contribution in [1.29, 1.82) is 0 Å². The molecule has 1 aromatic rings. The van der Waals surface area contributed by atoms with Crippen molar-refractivity contribution in [1.82, 2.24) is 14.7 Å². The summed E-state index contributed by atoms with van der Waals surface area (Å²) in [6.07, 6.45) is 2.48. The summed E-state index contributed by atoms with van der Waals surface area (Å²) < 4.78 is 5.75.